The van der Waals surface area contributed by atoms with Gasteiger partial charge in [0.1, 0.15) is 6.54 Å². The van der Waals surface area contributed by atoms with Crippen LogP contribution in [-0.2, 0) is 11.2 Å². The van der Waals surface area contributed by atoms with Crippen LogP contribution in [0, 0.1) is 0 Å². The SMILES string of the molecule is CCc1cccc(NC(=O)CN=C(N(C)C)N(C)C)c1.I. The van der Waals surface area contributed by atoms with Gasteiger partial charge in [-0.25, -0.2) is 4.99 Å². The number of rotatable bonds is 4. The number of aryl methyl sites for hydroxylation is 1. The number of amides is 1. The van der Waals surface area contributed by atoms with Gasteiger partial charge in [-0.3, -0.25) is 4.79 Å². The summed E-state index contributed by atoms with van der Waals surface area (Å²) in [5.74, 6) is 0.655. The molecule has 1 aromatic carbocycles. The van der Waals surface area contributed by atoms with Crippen molar-refractivity contribution in [2.45, 2.75) is 13.3 Å². The Morgan fingerprint density at radius 3 is 2.33 bits per heavy atom. The Morgan fingerprint density at radius 2 is 1.81 bits per heavy atom. The Hall–Kier alpha value is -1.31. The molecule has 0 aliphatic carbocycles. The van der Waals surface area contributed by atoms with E-state index in [2.05, 4.69) is 17.2 Å². The maximum Gasteiger partial charge on any atom is 0.246 e. The van der Waals surface area contributed by atoms with Crippen LogP contribution in [0.1, 0.15) is 12.5 Å². The van der Waals surface area contributed by atoms with Crippen molar-refractivity contribution < 1.29 is 4.79 Å². The molecule has 1 N–H and O–H groups in total. The third-order valence-electron chi connectivity index (χ3n) is 2.78. The number of halogens is 1. The molecule has 0 saturated heterocycles. The molecular weight excluding hydrogens is 379 g/mol. The van der Waals surface area contributed by atoms with E-state index in [0.29, 0.717) is 0 Å². The fourth-order valence-electron chi connectivity index (χ4n) is 1.89. The first-order valence-electron chi connectivity index (χ1n) is 6.72. The molecule has 0 aliphatic rings. The Kier molecular flexibility index (Phi) is 9.00. The zero-order valence-electron chi connectivity index (χ0n) is 13.4. The van der Waals surface area contributed by atoms with Crippen molar-refractivity contribution in [1.82, 2.24) is 9.80 Å². The van der Waals surface area contributed by atoms with E-state index in [4.69, 9.17) is 0 Å². The second kappa shape index (κ2) is 9.59. The van der Waals surface area contributed by atoms with Gasteiger partial charge >= 0.3 is 0 Å². The first-order chi connectivity index (χ1) is 9.43. The van der Waals surface area contributed by atoms with Crippen LogP contribution in [0.5, 0.6) is 0 Å². The van der Waals surface area contributed by atoms with Gasteiger partial charge in [-0.05, 0) is 24.1 Å². The number of guanidine groups is 1. The van der Waals surface area contributed by atoms with Gasteiger partial charge in [-0.1, -0.05) is 19.1 Å². The van der Waals surface area contributed by atoms with Gasteiger partial charge in [0.2, 0.25) is 5.91 Å². The van der Waals surface area contributed by atoms with Gasteiger partial charge < -0.3 is 15.1 Å². The van der Waals surface area contributed by atoms with Crippen molar-refractivity contribution in [2.75, 3.05) is 40.1 Å². The van der Waals surface area contributed by atoms with Crippen LogP contribution in [0.25, 0.3) is 0 Å². The maximum absolute atomic E-state index is 11.9. The zero-order valence-corrected chi connectivity index (χ0v) is 15.7. The Morgan fingerprint density at radius 1 is 1.19 bits per heavy atom. The van der Waals surface area contributed by atoms with E-state index in [-0.39, 0.29) is 36.4 Å². The average molecular weight is 404 g/mol. The Bertz CT molecular complexity index is 476. The molecule has 0 saturated carbocycles. The van der Waals surface area contributed by atoms with Gasteiger partial charge in [0.25, 0.3) is 0 Å². The summed E-state index contributed by atoms with van der Waals surface area (Å²) >= 11 is 0. The van der Waals surface area contributed by atoms with E-state index >= 15 is 0 Å². The molecule has 0 radical (unpaired) electrons. The molecular formula is C15H25IN4O. The number of benzene rings is 1. The summed E-state index contributed by atoms with van der Waals surface area (Å²) in [5, 5.41) is 2.87. The lowest BCUT2D eigenvalue weighted by molar-refractivity contribution is -0.114. The standard InChI is InChI=1S/C15H24N4O.HI/c1-6-12-8-7-9-13(10-12)17-14(20)11-16-15(18(2)3)19(4)5;/h7-10H,6,11H2,1-5H3,(H,17,20);1H. The monoisotopic (exact) mass is 404 g/mol. The van der Waals surface area contributed by atoms with Gasteiger partial charge in [-0.2, -0.15) is 0 Å². The fourth-order valence-corrected chi connectivity index (χ4v) is 1.89. The topological polar surface area (TPSA) is 47.9 Å². The number of nitrogens with one attached hydrogen (secondary N) is 1. The Balaban J connectivity index is 0.00000400. The smallest absolute Gasteiger partial charge is 0.246 e. The average Bonchev–Trinajstić information content (AvgIpc) is 2.38. The highest BCUT2D eigenvalue weighted by atomic mass is 127. The molecule has 0 aliphatic heterocycles. The molecule has 0 atom stereocenters. The van der Waals surface area contributed by atoms with Crippen molar-refractivity contribution >= 4 is 41.5 Å². The predicted molar refractivity (Wildman–Crippen MR) is 99.5 cm³/mol. The van der Waals surface area contributed by atoms with Crippen molar-refractivity contribution in [1.29, 1.82) is 0 Å². The molecule has 0 fully saturated rings. The molecule has 0 bridgehead atoms. The third kappa shape index (κ3) is 6.79. The summed E-state index contributed by atoms with van der Waals surface area (Å²) < 4.78 is 0. The minimum absolute atomic E-state index is 0. The van der Waals surface area contributed by atoms with Crippen LogP contribution in [0.3, 0.4) is 0 Å². The van der Waals surface area contributed by atoms with E-state index in [1.165, 1.54) is 5.56 Å². The number of carbonyl (C=O) groups is 1. The van der Waals surface area contributed by atoms with Gasteiger partial charge in [0.15, 0.2) is 5.96 Å². The number of carbonyl (C=O) groups excluding carboxylic acids is 1. The molecule has 1 rings (SSSR count). The van der Waals surface area contributed by atoms with Crippen molar-refractivity contribution in [3.8, 4) is 0 Å². The van der Waals surface area contributed by atoms with Gasteiger partial charge in [-0.15, -0.1) is 24.0 Å². The highest BCUT2D eigenvalue weighted by molar-refractivity contribution is 14.0. The Labute approximate surface area is 144 Å². The summed E-state index contributed by atoms with van der Waals surface area (Å²) in [5.41, 5.74) is 2.02. The largest absolute Gasteiger partial charge is 0.349 e. The van der Waals surface area contributed by atoms with Crippen molar-refractivity contribution in [2.24, 2.45) is 4.99 Å². The molecule has 6 heteroatoms. The van der Waals surface area contributed by atoms with E-state index in [1.807, 2.05) is 62.3 Å². The van der Waals surface area contributed by atoms with Crippen LogP contribution in [0.4, 0.5) is 5.69 Å². The summed E-state index contributed by atoms with van der Waals surface area (Å²) in [6.07, 6.45) is 0.952. The number of hydrogen-bond donors (Lipinski definition) is 1. The number of hydrogen-bond acceptors (Lipinski definition) is 2. The molecule has 0 aromatic heterocycles. The molecule has 0 spiro atoms. The maximum atomic E-state index is 11.9. The molecule has 1 aromatic rings. The second-order valence-electron chi connectivity index (χ2n) is 5.01. The quantitative estimate of drug-likeness (QED) is 0.476. The van der Waals surface area contributed by atoms with E-state index in [0.717, 1.165) is 18.1 Å². The lowest BCUT2D eigenvalue weighted by Gasteiger charge is -2.22. The van der Waals surface area contributed by atoms with Crippen molar-refractivity contribution in [3.63, 3.8) is 0 Å². The number of anilines is 1. The van der Waals surface area contributed by atoms with Gasteiger partial charge in [0, 0.05) is 33.9 Å². The van der Waals surface area contributed by atoms with Crippen LogP contribution in [0.2, 0.25) is 0 Å². The highest BCUT2D eigenvalue weighted by Crippen LogP contribution is 2.10. The van der Waals surface area contributed by atoms with E-state index in [1.54, 1.807) is 0 Å². The van der Waals surface area contributed by atoms with Crippen LogP contribution in [-0.4, -0.2) is 56.4 Å². The molecule has 118 valence electrons. The molecule has 1 amide bonds. The summed E-state index contributed by atoms with van der Waals surface area (Å²) in [6.45, 7) is 2.20. The lowest BCUT2D eigenvalue weighted by atomic mass is 10.1. The van der Waals surface area contributed by atoms with Gasteiger partial charge in [0.05, 0.1) is 0 Å². The van der Waals surface area contributed by atoms with Crippen molar-refractivity contribution in [3.05, 3.63) is 29.8 Å². The number of nitrogens with zero attached hydrogens (tertiary/aromatic N) is 3. The normalized spacial score (nSPS) is 9.38. The van der Waals surface area contributed by atoms with E-state index < -0.39 is 0 Å². The van der Waals surface area contributed by atoms with E-state index in [9.17, 15) is 4.79 Å². The summed E-state index contributed by atoms with van der Waals surface area (Å²) in [4.78, 5) is 20.0. The number of aliphatic imine (C=N–C) groups is 1. The lowest BCUT2D eigenvalue weighted by Crippen LogP contribution is -2.36. The molecule has 21 heavy (non-hydrogen) atoms. The summed E-state index contributed by atoms with van der Waals surface area (Å²) in [7, 11) is 7.62. The zero-order chi connectivity index (χ0) is 15.1. The molecule has 5 nitrogen and oxygen atoms in total. The van der Waals surface area contributed by atoms with Crippen LogP contribution >= 0.6 is 24.0 Å². The fraction of sp³-hybridized carbons (Fsp3) is 0.467. The highest BCUT2D eigenvalue weighted by Gasteiger charge is 2.06. The molecule has 0 unspecified atom stereocenters. The third-order valence-corrected chi connectivity index (χ3v) is 2.78. The van der Waals surface area contributed by atoms with Crippen LogP contribution < -0.4 is 5.32 Å². The van der Waals surface area contributed by atoms with Crippen LogP contribution in [0.15, 0.2) is 29.3 Å². The predicted octanol–water partition coefficient (Wildman–Crippen LogP) is 2.28. The second-order valence-corrected chi connectivity index (χ2v) is 5.01. The molecule has 0 heterocycles. The minimum atomic E-state index is -0.112. The minimum Gasteiger partial charge on any atom is -0.349 e. The first-order valence-corrected chi connectivity index (χ1v) is 6.72. The summed E-state index contributed by atoms with van der Waals surface area (Å²) in [6, 6.07) is 7.87. The first kappa shape index (κ1) is 19.7.